The maximum atomic E-state index is 12.2. The lowest BCUT2D eigenvalue weighted by atomic mass is 10.2. The second kappa shape index (κ2) is 8.32. The molecule has 0 unspecified atom stereocenters. The standard InChI is InChI=1S/C17H23NO5S/c1-13(2)12-23-14-5-7-15(8-6-14)24(20,21)18-10-9-16(19)17-4-3-11-22-17/h3-8,11,13,16,18-19H,9-10,12H2,1-2H3/t16-/m0/s1. The molecule has 0 spiro atoms. The van der Waals surface area contributed by atoms with Crippen LogP contribution in [-0.4, -0.2) is 26.7 Å². The maximum absolute atomic E-state index is 12.2. The number of hydrogen-bond acceptors (Lipinski definition) is 5. The van der Waals surface area contributed by atoms with Gasteiger partial charge in [0.15, 0.2) is 0 Å². The van der Waals surface area contributed by atoms with Gasteiger partial charge in [0, 0.05) is 6.54 Å². The molecule has 132 valence electrons. The lowest BCUT2D eigenvalue weighted by molar-refractivity contribution is 0.142. The van der Waals surface area contributed by atoms with Gasteiger partial charge in [-0.1, -0.05) is 13.8 Å². The van der Waals surface area contributed by atoms with E-state index in [0.29, 0.717) is 24.0 Å². The molecule has 0 radical (unpaired) electrons. The van der Waals surface area contributed by atoms with Gasteiger partial charge in [0.25, 0.3) is 0 Å². The molecule has 2 N–H and O–H groups in total. The minimum atomic E-state index is -3.62. The van der Waals surface area contributed by atoms with Crippen LogP contribution in [0.4, 0.5) is 0 Å². The minimum Gasteiger partial charge on any atom is -0.493 e. The van der Waals surface area contributed by atoms with Gasteiger partial charge in [0.1, 0.15) is 17.6 Å². The summed E-state index contributed by atoms with van der Waals surface area (Å²) in [6, 6.07) is 9.59. The van der Waals surface area contributed by atoms with Crippen LogP contribution in [0.1, 0.15) is 32.1 Å². The van der Waals surface area contributed by atoms with Gasteiger partial charge < -0.3 is 14.3 Å². The number of hydrogen-bond donors (Lipinski definition) is 2. The first-order chi connectivity index (χ1) is 11.4. The van der Waals surface area contributed by atoms with Crippen molar-refractivity contribution >= 4 is 10.0 Å². The third kappa shape index (κ3) is 5.36. The average molecular weight is 353 g/mol. The van der Waals surface area contributed by atoms with Gasteiger partial charge in [-0.15, -0.1) is 0 Å². The Hall–Kier alpha value is -1.83. The average Bonchev–Trinajstić information content (AvgIpc) is 3.07. The molecular weight excluding hydrogens is 330 g/mol. The van der Waals surface area contributed by atoms with Crippen molar-refractivity contribution in [2.75, 3.05) is 13.2 Å². The molecule has 2 rings (SSSR count). The van der Waals surface area contributed by atoms with Crippen molar-refractivity contribution in [3.63, 3.8) is 0 Å². The molecule has 24 heavy (non-hydrogen) atoms. The summed E-state index contributed by atoms with van der Waals surface area (Å²) in [4.78, 5) is 0.159. The van der Waals surface area contributed by atoms with E-state index in [1.807, 2.05) is 13.8 Å². The zero-order chi connectivity index (χ0) is 17.6. The van der Waals surface area contributed by atoms with Crippen molar-refractivity contribution in [1.29, 1.82) is 0 Å². The Bertz CT molecular complexity index is 708. The van der Waals surface area contributed by atoms with E-state index in [0.717, 1.165) is 0 Å². The van der Waals surface area contributed by atoms with E-state index in [2.05, 4.69) is 4.72 Å². The van der Waals surface area contributed by atoms with E-state index >= 15 is 0 Å². The molecule has 6 nitrogen and oxygen atoms in total. The molecule has 1 atom stereocenters. The monoisotopic (exact) mass is 353 g/mol. The van der Waals surface area contributed by atoms with Gasteiger partial charge in [0.05, 0.1) is 17.8 Å². The Labute approximate surface area is 142 Å². The molecule has 1 aromatic heterocycles. The van der Waals surface area contributed by atoms with Crippen LogP contribution in [0.5, 0.6) is 5.75 Å². The first kappa shape index (κ1) is 18.5. The van der Waals surface area contributed by atoms with Gasteiger partial charge in [-0.05, 0) is 48.7 Å². The van der Waals surface area contributed by atoms with Crippen molar-refractivity contribution in [2.24, 2.45) is 5.92 Å². The molecule has 7 heteroatoms. The third-order valence-corrected chi connectivity index (χ3v) is 4.78. The quantitative estimate of drug-likeness (QED) is 0.723. The van der Waals surface area contributed by atoms with E-state index in [9.17, 15) is 13.5 Å². The summed E-state index contributed by atoms with van der Waals surface area (Å²) < 4.78 is 37.5. The smallest absolute Gasteiger partial charge is 0.240 e. The summed E-state index contributed by atoms with van der Waals surface area (Å²) in [6.45, 7) is 4.77. The van der Waals surface area contributed by atoms with Gasteiger partial charge in [0.2, 0.25) is 10.0 Å². The highest BCUT2D eigenvalue weighted by Gasteiger charge is 2.16. The van der Waals surface area contributed by atoms with Crippen LogP contribution in [0.25, 0.3) is 0 Å². The SMILES string of the molecule is CC(C)COc1ccc(S(=O)(=O)NCC[C@H](O)c2ccco2)cc1. The maximum Gasteiger partial charge on any atom is 0.240 e. The molecule has 0 saturated carbocycles. The Morgan fingerprint density at radius 2 is 1.92 bits per heavy atom. The lowest BCUT2D eigenvalue weighted by Gasteiger charge is -2.11. The first-order valence-corrected chi connectivity index (χ1v) is 9.31. The van der Waals surface area contributed by atoms with E-state index in [1.165, 1.54) is 18.4 Å². The molecule has 0 fully saturated rings. The molecule has 2 aromatic rings. The van der Waals surface area contributed by atoms with Crippen LogP contribution in [0.3, 0.4) is 0 Å². The van der Waals surface area contributed by atoms with Crippen LogP contribution in [0.2, 0.25) is 0 Å². The van der Waals surface area contributed by atoms with Crippen LogP contribution in [0, 0.1) is 5.92 Å². The number of benzene rings is 1. The molecule has 0 amide bonds. The van der Waals surface area contributed by atoms with Gasteiger partial charge in [-0.3, -0.25) is 0 Å². The molecule has 1 aromatic carbocycles. The highest BCUT2D eigenvalue weighted by atomic mass is 32.2. The molecular formula is C17H23NO5S. The van der Waals surface area contributed by atoms with E-state index in [-0.39, 0.29) is 17.9 Å². The second-order valence-corrected chi connectivity index (χ2v) is 7.66. The zero-order valence-corrected chi connectivity index (χ0v) is 14.6. The van der Waals surface area contributed by atoms with Crippen molar-refractivity contribution < 1.29 is 22.7 Å². The number of furan rings is 1. The molecule has 0 bridgehead atoms. The number of ether oxygens (including phenoxy) is 1. The summed E-state index contributed by atoms with van der Waals surface area (Å²) in [5.74, 6) is 1.45. The van der Waals surface area contributed by atoms with Crippen LogP contribution >= 0.6 is 0 Å². The summed E-state index contributed by atoms with van der Waals surface area (Å²) in [7, 11) is -3.62. The molecule has 0 aliphatic heterocycles. The van der Waals surface area contributed by atoms with E-state index in [1.54, 1.807) is 24.3 Å². The summed E-state index contributed by atoms with van der Waals surface area (Å²) in [5.41, 5.74) is 0. The number of sulfonamides is 1. The fourth-order valence-corrected chi connectivity index (χ4v) is 3.06. The van der Waals surface area contributed by atoms with Crippen molar-refractivity contribution in [3.05, 3.63) is 48.4 Å². The largest absolute Gasteiger partial charge is 0.493 e. The highest BCUT2D eigenvalue weighted by Crippen LogP contribution is 2.18. The predicted molar refractivity (Wildman–Crippen MR) is 90.2 cm³/mol. The lowest BCUT2D eigenvalue weighted by Crippen LogP contribution is -2.25. The Balaban J connectivity index is 1.88. The van der Waals surface area contributed by atoms with Crippen LogP contribution in [-0.2, 0) is 10.0 Å². The first-order valence-electron chi connectivity index (χ1n) is 7.82. The molecule has 0 saturated heterocycles. The second-order valence-electron chi connectivity index (χ2n) is 5.89. The van der Waals surface area contributed by atoms with E-state index in [4.69, 9.17) is 9.15 Å². The Morgan fingerprint density at radius 1 is 1.21 bits per heavy atom. The van der Waals surface area contributed by atoms with Crippen LogP contribution in [0.15, 0.2) is 52.0 Å². The van der Waals surface area contributed by atoms with Crippen molar-refractivity contribution in [2.45, 2.75) is 31.3 Å². The highest BCUT2D eigenvalue weighted by molar-refractivity contribution is 7.89. The minimum absolute atomic E-state index is 0.107. The fraction of sp³-hybridized carbons (Fsp3) is 0.412. The zero-order valence-electron chi connectivity index (χ0n) is 13.8. The van der Waals surface area contributed by atoms with Gasteiger partial charge in [-0.2, -0.15) is 0 Å². The molecule has 0 aliphatic carbocycles. The van der Waals surface area contributed by atoms with Gasteiger partial charge >= 0.3 is 0 Å². The third-order valence-electron chi connectivity index (χ3n) is 3.30. The van der Waals surface area contributed by atoms with Crippen molar-refractivity contribution in [3.8, 4) is 5.75 Å². The Kier molecular flexibility index (Phi) is 6.42. The van der Waals surface area contributed by atoms with Gasteiger partial charge in [-0.25, -0.2) is 13.1 Å². The number of aliphatic hydroxyl groups is 1. The molecule has 1 heterocycles. The Morgan fingerprint density at radius 3 is 2.50 bits per heavy atom. The molecule has 0 aliphatic rings. The van der Waals surface area contributed by atoms with Crippen LogP contribution < -0.4 is 9.46 Å². The fourth-order valence-electron chi connectivity index (χ4n) is 2.01. The summed E-state index contributed by atoms with van der Waals surface area (Å²) in [5, 5.41) is 9.87. The number of rotatable bonds is 9. The normalized spacial score (nSPS) is 13.2. The summed E-state index contributed by atoms with van der Waals surface area (Å²) in [6.07, 6.45) is 0.850. The van der Waals surface area contributed by atoms with Crippen molar-refractivity contribution in [1.82, 2.24) is 4.72 Å². The number of aliphatic hydroxyl groups excluding tert-OH is 1. The van der Waals surface area contributed by atoms with E-state index < -0.39 is 16.1 Å². The predicted octanol–water partition coefficient (Wildman–Crippen LogP) is 2.72. The topological polar surface area (TPSA) is 88.8 Å². The number of nitrogens with one attached hydrogen (secondary N) is 1. The summed E-state index contributed by atoms with van der Waals surface area (Å²) >= 11 is 0.